The van der Waals surface area contributed by atoms with Crippen LogP contribution in [0.4, 0.5) is 0 Å². The Morgan fingerprint density at radius 1 is 1.41 bits per heavy atom. The van der Waals surface area contributed by atoms with Gasteiger partial charge in [-0.1, -0.05) is 19.8 Å². The molecule has 0 aromatic carbocycles. The van der Waals surface area contributed by atoms with Gasteiger partial charge in [0, 0.05) is 24.0 Å². The van der Waals surface area contributed by atoms with E-state index in [2.05, 4.69) is 12.2 Å². The first kappa shape index (κ1) is 11.5. The number of nitrogens with one attached hydrogen (secondary N) is 1. The van der Waals surface area contributed by atoms with Gasteiger partial charge in [-0.05, 0) is 19.3 Å². The van der Waals surface area contributed by atoms with Crippen molar-refractivity contribution in [2.24, 2.45) is 17.1 Å². The topological polar surface area (TPSA) is 64.4 Å². The van der Waals surface area contributed by atoms with Crippen LogP contribution in [0.1, 0.15) is 39.0 Å². The van der Waals surface area contributed by atoms with E-state index >= 15 is 0 Å². The number of amides is 1. The van der Waals surface area contributed by atoms with Gasteiger partial charge in [-0.3, -0.25) is 4.79 Å². The van der Waals surface area contributed by atoms with Crippen LogP contribution in [0.5, 0.6) is 0 Å². The summed E-state index contributed by atoms with van der Waals surface area (Å²) in [5.41, 5.74) is 5.94. The second kappa shape index (κ2) is 3.95. The average molecular weight is 238 g/mol. The number of nitrogens with two attached hydrogens (primary N) is 1. The van der Waals surface area contributed by atoms with Gasteiger partial charge in [-0.15, -0.1) is 0 Å². The Morgan fingerprint density at radius 2 is 2.12 bits per heavy atom. The number of hydrogen-bond donors (Lipinski definition) is 2. The summed E-state index contributed by atoms with van der Waals surface area (Å²) in [4.78, 5) is 12.3. The number of carbonyl (C=O) groups is 1. The van der Waals surface area contributed by atoms with Crippen LogP contribution in [-0.2, 0) is 9.53 Å². The molecule has 0 spiro atoms. The van der Waals surface area contributed by atoms with Gasteiger partial charge in [-0.25, -0.2) is 0 Å². The van der Waals surface area contributed by atoms with E-state index in [0.717, 1.165) is 25.9 Å². The third-order valence-corrected chi connectivity index (χ3v) is 5.00. The van der Waals surface area contributed by atoms with Gasteiger partial charge >= 0.3 is 0 Å². The predicted octanol–water partition coefficient (Wildman–Crippen LogP) is 0.797. The van der Waals surface area contributed by atoms with Gasteiger partial charge in [-0.2, -0.15) is 0 Å². The second-order valence-electron chi connectivity index (χ2n) is 6.13. The third kappa shape index (κ3) is 1.69. The van der Waals surface area contributed by atoms with Crippen molar-refractivity contribution in [2.75, 3.05) is 6.61 Å². The lowest BCUT2D eigenvalue weighted by Gasteiger charge is -2.46. The zero-order chi connectivity index (χ0) is 12.0. The minimum Gasteiger partial charge on any atom is -0.376 e. The van der Waals surface area contributed by atoms with E-state index in [0.29, 0.717) is 5.92 Å². The Kier molecular flexibility index (Phi) is 2.67. The van der Waals surface area contributed by atoms with Gasteiger partial charge in [0.2, 0.25) is 5.91 Å². The van der Waals surface area contributed by atoms with Crippen molar-refractivity contribution in [3.63, 3.8) is 0 Å². The molecule has 4 unspecified atom stereocenters. The summed E-state index contributed by atoms with van der Waals surface area (Å²) in [6.07, 6.45) is 5.59. The van der Waals surface area contributed by atoms with Crippen LogP contribution >= 0.6 is 0 Å². The molecule has 1 amide bonds. The number of carbonyl (C=O) groups excluding carboxylic acids is 1. The Hall–Kier alpha value is -0.610. The van der Waals surface area contributed by atoms with E-state index in [4.69, 9.17) is 10.5 Å². The van der Waals surface area contributed by atoms with Crippen molar-refractivity contribution < 1.29 is 9.53 Å². The largest absolute Gasteiger partial charge is 0.376 e. The molecular weight excluding hydrogens is 216 g/mol. The smallest absolute Gasteiger partial charge is 0.226 e. The maximum Gasteiger partial charge on any atom is 0.226 e. The van der Waals surface area contributed by atoms with Crippen molar-refractivity contribution in [1.82, 2.24) is 5.32 Å². The van der Waals surface area contributed by atoms with E-state index in [1.54, 1.807) is 0 Å². The number of hydrogen-bond acceptors (Lipinski definition) is 3. The lowest BCUT2D eigenvalue weighted by atomic mass is 9.71. The summed E-state index contributed by atoms with van der Waals surface area (Å²) in [6, 6.07) is 0.142. The van der Waals surface area contributed by atoms with Crippen molar-refractivity contribution >= 4 is 5.91 Å². The monoisotopic (exact) mass is 238 g/mol. The second-order valence-corrected chi connectivity index (χ2v) is 6.13. The SMILES string of the molecule is CC1(C(=O)NC2C(N)C3CCOC32)CCCC1. The Morgan fingerprint density at radius 3 is 2.82 bits per heavy atom. The van der Waals surface area contributed by atoms with Crippen LogP contribution in [-0.4, -0.2) is 30.7 Å². The maximum absolute atomic E-state index is 12.3. The van der Waals surface area contributed by atoms with Crippen molar-refractivity contribution in [1.29, 1.82) is 0 Å². The molecular formula is C13H22N2O2. The van der Waals surface area contributed by atoms with Crippen molar-refractivity contribution in [2.45, 2.75) is 57.2 Å². The maximum atomic E-state index is 12.3. The van der Waals surface area contributed by atoms with E-state index in [9.17, 15) is 4.79 Å². The van der Waals surface area contributed by atoms with Crippen molar-refractivity contribution in [3.05, 3.63) is 0 Å². The third-order valence-electron chi connectivity index (χ3n) is 5.00. The standard InChI is InChI=1S/C13H22N2O2/c1-13(5-2-3-6-13)12(16)15-10-9(14)8-4-7-17-11(8)10/h8-11H,2-7,14H2,1H3,(H,15,16). The van der Waals surface area contributed by atoms with E-state index in [1.807, 2.05) is 0 Å². The molecule has 0 bridgehead atoms. The van der Waals surface area contributed by atoms with Crippen LogP contribution in [0.3, 0.4) is 0 Å². The molecule has 4 nitrogen and oxygen atoms in total. The predicted molar refractivity (Wildman–Crippen MR) is 64.3 cm³/mol. The minimum atomic E-state index is -0.163. The zero-order valence-electron chi connectivity index (χ0n) is 10.4. The molecule has 0 aromatic rings. The molecule has 3 rings (SSSR count). The minimum absolute atomic E-state index is 0.0485. The number of fused-ring (bicyclic) bond motifs is 1. The van der Waals surface area contributed by atoms with Crippen LogP contribution in [0.2, 0.25) is 0 Å². The first-order valence-electron chi connectivity index (χ1n) is 6.80. The quantitative estimate of drug-likeness (QED) is 0.748. The van der Waals surface area contributed by atoms with E-state index in [1.165, 1.54) is 12.8 Å². The molecule has 3 fully saturated rings. The van der Waals surface area contributed by atoms with Gasteiger partial charge in [0.15, 0.2) is 0 Å². The number of rotatable bonds is 2. The molecule has 4 atom stereocenters. The normalized spacial score (nSPS) is 42.9. The molecule has 96 valence electrons. The molecule has 0 radical (unpaired) electrons. The van der Waals surface area contributed by atoms with E-state index in [-0.39, 0.29) is 29.5 Å². The van der Waals surface area contributed by atoms with Crippen LogP contribution in [0.15, 0.2) is 0 Å². The fourth-order valence-corrected chi connectivity index (χ4v) is 3.64. The average Bonchev–Trinajstić information content (AvgIpc) is 2.92. The summed E-state index contributed by atoms with van der Waals surface area (Å²) >= 11 is 0. The molecule has 3 N–H and O–H groups in total. The van der Waals surface area contributed by atoms with Crippen molar-refractivity contribution in [3.8, 4) is 0 Å². The molecule has 17 heavy (non-hydrogen) atoms. The Labute approximate surface area is 102 Å². The van der Waals surface area contributed by atoms with Gasteiger partial charge in [0.05, 0.1) is 12.1 Å². The zero-order valence-corrected chi connectivity index (χ0v) is 10.4. The van der Waals surface area contributed by atoms with E-state index < -0.39 is 0 Å². The highest BCUT2D eigenvalue weighted by atomic mass is 16.5. The van der Waals surface area contributed by atoms with Gasteiger partial charge in [0.1, 0.15) is 0 Å². The van der Waals surface area contributed by atoms with Gasteiger partial charge in [0.25, 0.3) is 0 Å². The summed E-state index contributed by atoms with van der Waals surface area (Å²) < 4.78 is 5.64. The number of ether oxygens (including phenoxy) is 1. The first-order valence-corrected chi connectivity index (χ1v) is 6.80. The summed E-state index contributed by atoms with van der Waals surface area (Å²) in [5.74, 6) is 0.654. The Bertz CT molecular complexity index is 325. The Balaban J connectivity index is 1.62. The highest BCUT2D eigenvalue weighted by Gasteiger charge is 2.53. The molecule has 1 saturated heterocycles. The van der Waals surface area contributed by atoms with Gasteiger partial charge < -0.3 is 15.8 Å². The summed E-state index contributed by atoms with van der Waals surface area (Å²) in [6.45, 7) is 2.87. The van der Waals surface area contributed by atoms with Crippen LogP contribution in [0.25, 0.3) is 0 Å². The molecule has 1 heterocycles. The summed E-state index contributed by atoms with van der Waals surface area (Å²) in [5, 5.41) is 3.13. The van der Waals surface area contributed by atoms with Crippen LogP contribution in [0, 0.1) is 11.3 Å². The molecule has 2 saturated carbocycles. The molecule has 3 aliphatic rings. The fraction of sp³-hybridized carbons (Fsp3) is 0.923. The lowest BCUT2D eigenvalue weighted by Crippen LogP contribution is -2.69. The lowest BCUT2D eigenvalue weighted by molar-refractivity contribution is -0.134. The fourth-order valence-electron chi connectivity index (χ4n) is 3.64. The first-order chi connectivity index (χ1) is 8.12. The highest BCUT2D eigenvalue weighted by Crippen LogP contribution is 2.41. The molecule has 0 aromatic heterocycles. The molecule has 4 heteroatoms. The summed E-state index contributed by atoms with van der Waals surface area (Å²) in [7, 11) is 0. The highest BCUT2D eigenvalue weighted by molar-refractivity contribution is 5.83. The molecule has 1 aliphatic heterocycles. The molecule has 2 aliphatic carbocycles. The van der Waals surface area contributed by atoms with Crippen LogP contribution < -0.4 is 11.1 Å².